The van der Waals surface area contributed by atoms with Gasteiger partial charge in [0.1, 0.15) is 0 Å². The van der Waals surface area contributed by atoms with E-state index in [4.69, 9.17) is 0 Å². The minimum atomic E-state index is -0.114. The van der Waals surface area contributed by atoms with Gasteiger partial charge in [0, 0.05) is 39.3 Å². The average Bonchev–Trinajstić information content (AvgIpc) is 2.84. The summed E-state index contributed by atoms with van der Waals surface area (Å²) in [6, 6.07) is 5.47. The zero-order valence-electron chi connectivity index (χ0n) is 12.9. The molecule has 3 heterocycles. The number of carbonyl (C=O) groups is 1. The Bertz CT molecular complexity index is 503. The molecular formula is C15H23N5O. The molecule has 0 spiro atoms. The first-order valence-electron chi connectivity index (χ1n) is 7.59. The number of hydrogen-bond acceptors (Lipinski definition) is 5. The molecule has 6 nitrogen and oxygen atoms in total. The lowest BCUT2D eigenvalue weighted by Crippen LogP contribution is -2.47. The van der Waals surface area contributed by atoms with Gasteiger partial charge in [-0.1, -0.05) is 0 Å². The lowest BCUT2D eigenvalue weighted by atomic mass is 9.98. The van der Waals surface area contributed by atoms with Crippen LogP contribution in [0.3, 0.4) is 0 Å². The third-order valence-corrected chi connectivity index (χ3v) is 4.63. The van der Waals surface area contributed by atoms with Crippen molar-refractivity contribution < 1.29 is 4.79 Å². The Morgan fingerprint density at radius 3 is 2.33 bits per heavy atom. The van der Waals surface area contributed by atoms with Crippen LogP contribution in [0.5, 0.6) is 0 Å². The number of rotatable bonds is 3. The summed E-state index contributed by atoms with van der Waals surface area (Å²) in [7, 11) is 5.51. The van der Waals surface area contributed by atoms with E-state index in [1.165, 1.54) is 17.7 Å². The molecule has 1 N–H and O–H groups in total. The van der Waals surface area contributed by atoms with E-state index in [2.05, 4.69) is 27.5 Å². The molecular weight excluding hydrogens is 266 g/mol. The highest BCUT2D eigenvalue weighted by atomic mass is 16.2. The maximum Gasteiger partial charge on any atom is 0.273 e. The van der Waals surface area contributed by atoms with Crippen molar-refractivity contribution in [1.29, 1.82) is 0 Å². The van der Waals surface area contributed by atoms with Crippen molar-refractivity contribution >= 4 is 11.7 Å². The molecule has 1 amide bonds. The molecule has 2 bridgehead atoms. The van der Waals surface area contributed by atoms with Crippen LogP contribution in [0.2, 0.25) is 0 Å². The minimum absolute atomic E-state index is 0.114. The van der Waals surface area contributed by atoms with Gasteiger partial charge >= 0.3 is 0 Å². The number of aromatic nitrogens is 2. The third kappa shape index (κ3) is 2.85. The fourth-order valence-electron chi connectivity index (χ4n) is 3.39. The molecule has 6 heteroatoms. The van der Waals surface area contributed by atoms with Crippen molar-refractivity contribution in [2.75, 3.05) is 26.0 Å². The van der Waals surface area contributed by atoms with Crippen LogP contribution in [0, 0.1) is 0 Å². The summed E-state index contributed by atoms with van der Waals surface area (Å²) in [4.78, 5) is 15.5. The van der Waals surface area contributed by atoms with E-state index < -0.39 is 0 Å². The molecule has 1 aromatic heterocycles. The molecule has 0 aliphatic carbocycles. The van der Waals surface area contributed by atoms with Gasteiger partial charge in [-0.05, 0) is 37.8 Å². The summed E-state index contributed by atoms with van der Waals surface area (Å²) in [5.41, 5.74) is 0.391. The monoisotopic (exact) mass is 289 g/mol. The third-order valence-electron chi connectivity index (χ3n) is 4.63. The van der Waals surface area contributed by atoms with E-state index >= 15 is 0 Å². The number of fused-ring (bicyclic) bond motifs is 2. The van der Waals surface area contributed by atoms with E-state index in [1.54, 1.807) is 20.2 Å². The Labute approximate surface area is 125 Å². The predicted molar refractivity (Wildman–Crippen MR) is 81.4 cm³/mol. The van der Waals surface area contributed by atoms with Gasteiger partial charge in [0.15, 0.2) is 11.5 Å². The predicted octanol–water partition coefficient (Wildman–Crippen LogP) is 0.898. The number of hydrogen-bond donors (Lipinski definition) is 1. The molecule has 2 atom stereocenters. The molecule has 2 aliphatic heterocycles. The van der Waals surface area contributed by atoms with Gasteiger partial charge in [-0.15, -0.1) is 10.2 Å². The fourth-order valence-corrected chi connectivity index (χ4v) is 3.39. The Hall–Kier alpha value is -1.69. The normalized spacial score (nSPS) is 27.5. The summed E-state index contributed by atoms with van der Waals surface area (Å²) < 4.78 is 0. The van der Waals surface area contributed by atoms with Crippen LogP contribution in [-0.2, 0) is 0 Å². The summed E-state index contributed by atoms with van der Waals surface area (Å²) in [6.07, 6.45) is 4.90. The van der Waals surface area contributed by atoms with Gasteiger partial charge in [-0.3, -0.25) is 4.79 Å². The Kier molecular flexibility index (Phi) is 3.80. The molecule has 114 valence electrons. The van der Waals surface area contributed by atoms with Gasteiger partial charge in [0.2, 0.25) is 0 Å². The van der Waals surface area contributed by atoms with Crippen molar-refractivity contribution in [1.82, 2.24) is 20.4 Å². The Balaban J connectivity index is 1.70. The van der Waals surface area contributed by atoms with Crippen LogP contribution in [0.1, 0.15) is 36.2 Å². The maximum absolute atomic E-state index is 11.8. The van der Waals surface area contributed by atoms with Gasteiger partial charge in [-0.25, -0.2) is 0 Å². The SMILES string of the molecule is CN(C)C(=O)c1ccc(N(C)C2CC3CCC(C2)N3)nn1. The molecule has 2 unspecified atom stereocenters. The molecule has 0 radical (unpaired) electrons. The molecule has 2 fully saturated rings. The number of piperidine rings is 1. The first-order chi connectivity index (χ1) is 10.0. The smallest absolute Gasteiger partial charge is 0.273 e. The number of carbonyl (C=O) groups excluding carboxylic acids is 1. The van der Waals surface area contributed by atoms with Crippen LogP contribution < -0.4 is 10.2 Å². The molecule has 0 aromatic carbocycles. The quantitative estimate of drug-likeness (QED) is 0.896. The van der Waals surface area contributed by atoms with Gasteiger partial charge < -0.3 is 15.1 Å². The largest absolute Gasteiger partial charge is 0.355 e. The summed E-state index contributed by atoms with van der Waals surface area (Å²) in [5.74, 6) is 0.730. The number of nitrogens with one attached hydrogen (secondary N) is 1. The molecule has 0 saturated carbocycles. The lowest BCUT2D eigenvalue weighted by molar-refractivity contribution is 0.0821. The van der Waals surface area contributed by atoms with Crippen molar-refractivity contribution in [3.63, 3.8) is 0 Å². The molecule has 1 aromatic rings. The maximum atomic E-state index is 11.8. The number of amides is 1. The highest BCUT2D eigenvalue weighted by Crippen LogP contribution is 2.30. The van der Waals surface area contributed by atoms with E-state index in [-0.39, 0.29) is 5.91 Å². The van der Waals surface area contributed by atoms with E-state index in [0.29, 0.717) is 23.8 Å². The standard InChI is InChI=1S/C15H23N5O/c1-19(2)15(21)13-6-7-14(18-17-13)20(3)12-8-10-4-5-11(9-12)16-10/h6-7,10-12,16H,4-5,8-9H2,1-3H3. The summed E-state index contributed by atoms with van der Waals surface area (Å²) in [5, 5.41) is 12.0. The van der Waals surface area contributed by atoms with Crippen molar-refractivity contribution in [3.8, 4) is 0 Å². The molecule has 3 rings (SSSR count). The first kappa shape index (κ1) is 14.3. The second kappa shape index (κ2) is 5.60. The molecule has 2 aliphatic rings. The van der Waals surface area contributed by atoms with Crippen LogP contribution in [-0.4, -0.2) is 60.3 Å². The summed E-state index contributed by atoms with van der Waals surface area (Å²) >= 11 is 0. The molecule has 21 heavy (non-hydrogen) atoms. The topological polar surface area (TPSA) is 61.4 Å². The fraction of sp³-hybridized carbons (Fsp3) is 0.667. The van der Waals surface area contributed by atoms with Crippen LogP contribution in [0.25, 0.3) is 0 Å². The molecule has 2 saturated heterocycles. The Morgan fingerprint density at radius 2 is 1.81 bits per heavy atom. The highest BCUT2D eigenvalue weighted by Gasteiger charge is 2.35. The van der Waals surface area contributed by atoms with E-state index in [0.717, 1.165) is 18.7 Å². The lowest BCUT2D eigenvalue weighted by Gasteiger charge is -2.36. The van der Waals surface area contributed by atoms with Crippen LogP contribution >= 0.6 is 0 Å². The highest BCUT2D eigenvalue weighted by molar-refractivity contribution is 5.91. The van der Waals surface area contributed by atoms with Crippen molar-refractivity contribution in [2.24, 2.45) is 0 Å². The Morgan fingerprint density at radius 1 is 1.14 bits per heavy atom. The number of anilines is 1. The van der Waals surface area contributed by atoms with E-state index in [9.17, 15) is 4.79 Å². The zero-order chi connectivity index (χ0) is 15.0. The van der Waals surface area contributed by atoms with Crippen LogP contribution in [0.4, 0.5) is 5.82 Å². The van der Waals surface area contributed by atoms with E-state index in [1.807, 2.05) is 6.07 Å². The van der Waals surface area contributed by atoms with Crippen LogP contribution in [0.15, 0.2) is 12.1 Å². The van der Waals surface area contributed by atoms with Gasteiger partial charge in [0.05, 0.1) is 0 Å². The minimum Gasteiger partial charge on any atom is -0.355 e. The average molecular weight is 289 g/mol. The van der Waals surface area contributed by atoms with Gasteiger partial charge in [0.25, 0.3) is 5.91 Å². The van der Waals surface area contributed by atoms with Crippen molar-refractivity contribution in [2.45, 2.75) is 43.8 Å². The summed E-state index contributed by atoms with van der Waals surface area (Å²) in [6.45, 7) is 0. The number of nitrogens with zero attached hydrogens (tertiary/aromatic N) is 4. The first-order valence-corrected chi connectivity index (χ1v) is 7.59. The second-order valence-electron chi connectivity index (χ2n) is 6.35. The van der Waals surface area contributed by atoms with Gasteiger partial charge in [-0.2, -0.15) is 0 Å². The zero-order valence-corrected chi connectivity index (χ0v) is 12.9. The van der Waals surface area contributed by atoms with Crippen molar-refractivity contribution in [3.05, 3.63) is 17.8 Å². The second-order valence-corrected chi connectivity index (χ2v) is 6.35.